The summed E-state index contributed by atoms with van der Waals surface area (Å²) in [5.74, 6) is 1.56. The quantitative estimate of drug-likeness (QED) is 0.884. The Bertz CT molecular complexity index is 610. The molecule has 0 aliphatic carbocycles. The van der Waals surface area contributed by atoms with Crippen molar-refractivity contribution in [3.8, 4) is 0 Å². The van der Waals surface area contributed by atoms with Crippen molar-refractivity contribution in [1.82, 2.24) is 4.90 Å². The molecule has 1 saturated heterocycles. The molecule has 1 heterocycles. The molecule has 0 bridgehead atoms. The number of rotatable bonds is 5. The zero-order chi connectivity index (χ0) is 17.9. The molecule has 0 radical (unpaired) electrons. The van der Waals surface area contributed by atoms with E-state index in [-0.39, 0.29) is 11.8 Å². The van der Waals surface area contributed by atoms with E-state index in [4.69, 9.17) is 0 Å². The standard InChI is InChI=1S/C19H28N2O2S/c1-13(2)9-10-21-16(22)11-24-12-19(21,5)18(23)20-17-14(3)7-6-8-15(17)4/h6-8,13H,9-12H2,1-5H3,(H,20,23). The largest absolute Gasteiger partial charge is 0.327 e. The van der Waals surface area contributed by atoms with Crippen LogP contribution in [0.4, 0.5) is 5.69 Å². The summed E-state index contributed by atoms with van der Waals surface area (Å²) in [4.78, 5) is 27.3. The lowest BCUT2D eigenvalue weighted by Crippen LogP contribution is -2.62. The van der Waals surface area contributed by atoms with Gasteiger partial charge in [-0.1, -0.05) is 32.0 Å². The summed E-state index contributed by atoms with van der Waals surface area (Å²) in [6.45, 7) is 10.8. The number of amides is 2. The predicted molar refractivity (Wildman–Crippen MR) is 101 cm³/mol. The van der Waals surface area contributed by atoms with E-state index in [1.807, 2.05) is 39.0 Å². The van der Waals surface area contributed by atoms with E-state index < -0.39 is 5.54 Å². The number of carbonyl (C=O) groups is 2. The summed E-state index contributed by atoms with van der Waals surface area (Å²) in [5, 5.41) is 3.08. The van der Waals surface area contributed by atoms with Gasteiger partial charge in [0.2, 0.25) is 5.91 Å². The zero-order valence-corrected chi connectivity index (χ0v) is 16.1. The third kappa shape index (κ3) is 3.94. The number of benzene rings is 1. The van der Waals surface area contributed by atoms with Crippen LogP contribution in [0.1, 0.15) is 38.3 Å². The maximum atomic E-state index is 13.1. The van der Waals surface area contributed by atoms with Gasteiger partial charge in [0.25, 0.3) is 5.91 Å². The lowest BCUT2D eigenvalue weighted by Gasteiger charge is -2.43. The van der Waals surface area contributed by atoms with Gasteiger partial charge in [-0.15, -0.1) is 11.8 Å². The van der Waals surface area contributed by atoms with Gasteiger partial charge in [-0.2, -0.15) is 0 Å². The number of thioether (sulfide) groups is 1. The minimum atomic E-state index is -0.802. The first kappa shape index (κ1) is 18.8. The molecule has 1 N–H and O–H groups in total. The first-order valence-electron chi connectivity index (χ1n) is 8.51. The molecule has 0 aromatic heterocycles. The number of anilines is 1. The highest BCUT2D eigenvalue weighted by atomic mass is 32.2. The van der Waals surface area contributed by atoms with Gasteiger partial charge in [-0.25, -0.2) is 0 Å². The molecule has 2 amide bonds. The summed E-state index contributed by atoms with van der Waals surface area (Å²) >= 11 is 1.54. The van der Waals surface area contributed by atoms with Crippen LogP contribution in [0.25, 0.3) is 0 Å². The fourth-order valence-corrected chi connectivity index (χ4v) is 4.09. The molecule has 132 valence electrons. The molecule has 2 rings (SSSR count). The molecule has 0 spiro atoms. The number of hydrogen-bond acceptors (Lipinski definition) is 3. The van der Waals surface area contributed by atoms with Gasteiger partial charge < -0.3 is 10.2 Å². The Morgan fingerprint density at radius 1 is 1.33 bits per heavy atom. The number of carbonyl (C=O) groups excluding carboxylic acids is 2. The van der Waals surface area contributed by atoms with Crippen molar-refractivity contribution in [2.24, 2.45) is 5.92 Å². The van der Waals surface area contributed by atoms with Crippen molar-refractivity contribution >= 4 is 29.3 Å². The second kappa shape index (κ2) is 7.60. The Labute approximate surface area is 149 Å². The van der Waals surface area contributed by atoms with E-state index in [2.05, 4.69) is 19.2 Å². The highest BCUT2D eigenvalue weighted by molar-refractivity contribution is 8.00. The molecule has 1 aliphatic rings. The Morgan fingerprint density at radius 3 is 2.54 bits per heavy atom. The smallest absolute Gasteiger partial charge is 0.250 e. The molecule has 1 fully saturated rings. The Kier molecular flexibility index (Phi) is 5.97. The molecule has 1 unspecified atom stereocenters. The Morgan fingerprint density at radius 2 is 1.96 bits per heavy atom. The van der Waals surface area contributed by atoms with E-state index in [1.165, 1.54) is 0 Å². The molecule has 4 nitrogen and oxygen atoms in total. The molecule has 5 heteroatoms. The maximum absolute atomic E-state index is 13.1. The monoisotopic (exact) mass is 348 g/mol. The van der Waals surface area contributed by atoms with Crippen molar-refractivity contribution in [2.75, 3.05) is 23.4 Å². The predicted octanol–water partition coefficient (Wildman–Crippen LogP) is 3.62. The third-order valence-corrected chi connectivity index (χ3v) is 5.86. The van der Waals surface area contributed by atoms with Crippen LogP contribution in [-0.2, 0) is 9.59 Å². The van der Waals surface area contributed by atoms with Gasteiger partial charge in [-0.05, 0) is 44.2 Å². The summed E-state index contributed by atoms with van der Waals surface area (Å²) in [5.41, 5.74) is 2.13. The number of nitrogens with zero attached hydrogens (tertiary/aromatic N) is 1. The van der Waals surface area contributed by atoms with Crippen LogP contribution in [0, 0.1) is 19.8 Å². The third-order valence-electron chi connectivity index (χ3n) is 4.64. The van der Waals surface area contributed by atoms with Crippen molar-refractivity contribution in [3.05, 3.63) is 29.3 Å². The van der Waals surface area contributed by atoms with Crippen LogP contribution < -0.4 is 5.32 Å². The van der Waals surface area contributed by atoms with E-state index in [1.54, 1.807) is 16.7 Å². The zero-order valence-electron chi connectivity index (χ0n) is 15.3. The van der Waals surface area contributed by atoms with Crippen LogP contribution in [0.15, 0.2) is 18.2 Å². The van der Waals surface area contributed by atoms with Gasteiger partial charge in [0.15, 0.2) is 0 Å². The maximum Gasteiger partial charge on any atom is 0.250 e. The van der Waals surface area contributed by atoms with Crippen molar-refractivity contribution in [2.45, 2.75) is 46.6 Å². The van der Waals surface area contributed by atoms with Gasteiger partial charge in [-0.3, -0.25) is 9.59 Å². The van der Waals surface area contributed by atoms with Crippen LogP contribution >= 0.6 is 11.8 Å². The van der Waals surface area contributed by atoms with Crippen molar-refractivity contribution in [3.63, 3.8) is 0 Å². The average Bonchev–Trinajstić information content (AvgIpc) is 2.50. The fraction of sp³-hybridized carbons (Fsp3) is 0.579. The summed E-state index contributed by atoms with van der Waals surface area (Å²) in [6.07, 6.45) is 0.905. The van der Waals surface area contributed by atoms with Crippen molar-refractivity contribution in [1.29, 1.82) is 0 Å². The van der Waals surface area contributed by atoms with Crippen LogP contribution in [0.3, 0.4) is 0 Å². The van der Waals surface area contributed by atoms with E-state index in [9.17, 15) is 9.59 Å². The first-order valence-corrected chi connectivity index (χ1v) is 9.67. The summed E-state index contributed by atoms with van der Waals surface area (Å²) in [6, 6.07) is 5.96. The highest BCUT2D eigenvalue weighted by Crippen LogP contribution is 2.30. The molecule has 1 aliphatic heterocycles. The molecule has 1 aromatic rings. The minimum absolute atomic E-state index is 0.0612. The Balaban J connectivity index is 2.24. The van der Waals surface area contributed by atoms with Crippen LogP contribution in [0.5, 0.6) is 0 Å². The summed E-state index contributed by atoms with van der Waals surface area (Å²) < 4.78 is 0. The first-order chi connectivity index (χ1) is 11.3. The van der Waals surface area contributed by atoms with E-state index >= 15 is 0 Å². The van der Waals surface area contributed by atoms with Gasteiger partial charge in [0.1, 0.15) is 5.54 Å². The van der Waals surface area contributed by atoms with Gasteiger partial charge in [0, 0.05) is 18.0 Å². The molecule has 24 heavy (non-hydrogen) atoms. The molecular formula is C19H28N2O2S. The van der Waals surface area contributed by atoms with Crippen molar-refractivity contribution < 1.29 is 9.59 Å². The highest BCUT2D eigenvalue weighted by Gasteiger charge is 2.45. The number of nitrogens with one attached hydrogen (secondary N) is 1. The van der Waals surface area contributed by atoms with Gasteiger partial charge >= 0.3 is 0 Å². The molecule has 1 aromatic carbocycles. The lowest BCUT2D eigenvalue weighted by atomic mass is 9.98. The van der Waals surface area contributed by atoms with E-state index in [0.29, 0.717) is 24.0 Å². The average molecular weight is 349 g/mol. The SMILES string of the molecule is Cc1cccc(C)c1NC(=O)C1(C)CSCC(=O)N1CCC(C)C. The Hall–Kier alpha value is -1.49. The molecule has 0 saturated carbocycles. The molecular weight excluding hydrogens is 320 g/mol. The number of hydrogen-bond donors (Lipinski definition) is 1. The topological polar surface area (TPSA) is 49.4 Å². The second-order valence-electron chi connectivity index (χ2n) is 7.22. The second-order valence-corrected chi connectivity index (χ2v) is 8.20. The number of para-hydroxylation sites is 1. The fourth-order valence-electron chi connectivity index (χ4n) is 2.97. The molecule has 1 atom stereocenters. The van der Waals surface area contributed by atoms with Crippen LogP contribution in [-0.4, -0.2) is 40.3 Å². The van der Waals surface area contributed by atoms with E-state index in [0.717, 1.165) is 23.2 Å². The van der Waals surface area contributed by atoms with Gasteiger partial charge in [0.05, 0.1) is 5.75 Å². The normalized spacial score (nSPS) is 21.2. The minimum Gasteiger partial charge on any atom is -0.327 e. The lowest BCUT2D eigenvalue weighted by molar-refractivity contribution is -0.142. The summed E-state index contributed by atoms with van der Waals surface area (Å²) in [7, 11) is 0. The van der Waals surface area contributed by atoms with Crippen LogP contribution in [0.2, 0.25) is 0 Å². The number of aryl methyl sites for hydroxylation is 2.